The molecule has 2 unspecified atom stereocenters. The number of amides is 3. The Hall–Kier alpha value is -4.05. The molecular weight excluding hydrogens is 593 g/mol. The van der Waals surface area contributed by atoms with E-state index in [0.717, 1.165) is 12.0 Å². The molecule has 6 rings (SSSR count). The molecule has 2 aromatic carbocycles. The number of nitrogens with zero attached hydrogens (tertiary/aromatic N) is 2. The lowest BCUT2D eigenvalue weighted by Gasteiger charge is -2.31. The van der Waals surface area contributed by atoms with Gasteiger partial charge in [0, 0.05) is 35.4 Å². The van der Waals surface area contributed by atoms with Gasteiger partial charge >= 0.3 is 6.03 Å². The Morgan fingerprint density at radius 1 is 1.07 bits per heavy atom. The van der Waals surface area contributed by atoms with E-state index in [2.05, 4.69) is 15.6 Å². The van der Waals surface area contributed by atoms with Crippen LogP contribution in [0.1, 0.15) is 49.7 Å². The summed E-state index contributed by atoms with van der Waals surface area (Å²) >= 11 is 6.00. The van der Waals surface area contributed by atoms with Crippen LogP contribution in [0.2, 0.25) is 5.02 Å². The lowest BCUT2D eigenvalue weighted by Crippen LogP contribution is -2.46. The highest BCUT2D eigenvalue weighted by molar-refractivity contribution is 6.30. The highest BCUT2D eigenvalue weighted by Gasteiger charge is 2.51. The lowest BCUT2D eigenvalue weighted by atomic mass is 9.79. The van der Waals surface area contributed by atoms with Gasteiger partial charge in [0.2, 0.25) is 5.91 Å². The van der Waals surface area contributed by atoms with Crippen LogP contribution in [0.5, 0.6) is 0 Å². The van der Waals surface area contributed by atoms with E-state index in [-0.39, 0.29) is 24.6 Å². The van der Waals surface area contributed by atoms with Gasteiger partial charge in [-0.25, -0.2) is 9.18 Å². The highest BCUT2D eigenvalue weighted by atomic mass is 35.5. The Morgan fingerprint density at radius 2 is 1.82 bits per heavy atom. The van der Waals surface area contributed by atoms with Gasteiger partial charge in [0.1, 0.15) is 11.9 Å². The van der Waals surface area contributed by atoms with Crippen LogP contribution in [-0.2, 0) is 10.3 Å². The molecule has 1 aliphatic heterocycles. The highest BCUT2D eigenvalue weighted by Crippen LogP contribution is 2.41. The third kappa shape index (κ3) is 6.81. The average Bonchev–Trinajstić information content (AvgIpc) is 3.82. The second kappa shape index (κ2) is 12.7. The van der Waals surface area contributed by atoms with Crippen molar-refractivity contribution in [1.82, 2.24) is 9.88 Å². The normalized spacial score (nSPS) is 23.9. The van der Waals surface area contributed by atoms with Gasteiger partial charge in [-0.2, -0.15) is 0 Å². The molecule has 1 saturated carbocycles. The van der Waals surface area contributed by atoms with Crippen molar-refractivity contribution in [3.63, 3.8) is 0 Å². The fourth-order valence-corrected chi connectivity index (χ4v) is 6.52. The summed E-state index contributed by atoms with van der Waals surface area (Å²) in [4.78, 5) is 32.9. The summed E-state index contributed by atoms with van der Waals surface area (Å²) in [6, 6.07) is 13.2. The first-order chi connectivity index (χ1) is 21.6. The largest absolute Gasteiger partial charge is 0.387 e. The third-order valence-electron chi connectivity index (χ3n) is 9.28. The van der Waals surface area contributed by atoms with Crippen LogP contribution < -0.4 is 16.4 Å². The zero-order valence-corrected chi connectivity index (χ0v) is 25.6. The van der Waals surface area contributed by atoms with Crippen molar-refractivity contribution >= 4 is 34.9 Å². The van der Waals surface area contributed by atoms with Gasteiger partial charge in [-0.15, -0.1) is 0 Å². The molecule has 0 radical (unpaired) electrons. The Balaban J connectivity index is 1.27. The zero-order valence-electron chi connectivity index (χ0n) is 24.8. The minimum atomic E-state index is -1.36. The van der Waals surface area contributed by atoms with E-state index >= 15 is 4.39 Å². The van der Waals surface area contributed by atoms with E-state index in [4.69, 9.17) is 17.3 Å². The molecule has 45 heavy (non-hydrogen) atoms. The van der Waals surface area contributed by atoms with Crippen LogP contribution in [0.4, 0.5) is 20.6 Å². The minimum absolute atomic E-state index is 0.0176. The summed E-state index contributed by atoms with van der Waals surface area (Å²) in [5, 5.41) is 17.8. The average molecular weight is 630 g/mol. The maximum Gasteiger partial charge on any atom is 0.322 e. The first kappa shape index (κ1) is 31.0. The van der Waals surface area contributed by atoms with Crippen molar-refractivity contribution in [1.29, 1.82) is 0 Å². The van der Waals surface area contributed by atoms with Gasteiger partial charge in [-0.3, -0.25) is 9.78 Å². The van der Waals surface area contributed by atoms with Gasteiger partial charge in [0.25, 0.3) is 0 Å². The lowest BCUT2D eigenvalue weighted by molar-refractivity contribution is -0.119. The van der Waals surface area contributed by atoms with Crippen LogP contribution >= 0.6 is 11.6 Å². The number of hydrogen-bond acceptors (Lipinski definition) is 5. The summed E-state index contributed by atoms with van der Waals surface area (Å²) in [6.45, 7) is -0.0784. The van der Waals surface area contributed by atoms with Gasteiger partial charge in [0.05, 0.1) is 23.4 Å². The second-order valence-electron chi connectivity index (χ2n) is 12.4. The van der Waals surface area contributed by atoms with E-state index in [9.17, 15) is 14.7 Å². The summed E-state index contributed by atoms with van der Waals surface area (Å²) in [5.41, 5.74) is 6.74. The smallest absolute Gasteiger partial charge is 0.322 e. The number of β-amino-alcohol motifs (C(OH)–C–C–N with tert-alkyl or cyclic N) is 1. The van der Waals surface area contributed by atoms with Crippen LogP contribution in [-0.4, -0.2) is 45.1 Å². The number of pyridine rings is 1. The summed E-state index contributed by atoms with van der Waals surface area (Å²) in [5.74, 6) is -0.892. The van der Waals surface area contributed by atoms with Crippen LogP contribution in [0, 0.1) is 17.7 Å². The minimum Gasteiger partial charge on any atom is -0.387 e. The molecule has 1 aromatic heterocycles. The second-order valence-corrected chi connectivity index (χ2v) is 12.9. The monoisotopic (exact) mass is 629 g/mol. The summed E-state index contributed by atoms with van der Waals surface area (Å²) in [6.07, 6.45) is 15.4. The van der Waals surface area contributed by atoms with Crippen LogP contribution in [0.15, 0.2) is 91.3 Å². The van der Waals surface area contributed by atoms with Gasteiger partial charge in [-0.1, -0.05) is 54.8 Å². The Labute approximate surface area is 267 Å². The quantitative estimate of drug-likeness (QED) is 0.219. The number of nitrogens with one attached hydrogen (secondary N) is 2. The van der Waals surface area contributed by atoms with Crippen molar-refractivity contribution < 1.29 is 19.1 Å². The summed E-state index contributed by atoms with van der Waals surface area (Å²) < 4.78 is 15.3. The predicted molar refractivity (Wildman–Crippen MR) is 173 cm³/mol. The zero-order chi connectivity index (χ0) is 31.6. The molecule has 2 heterocycles. The van der Waals surface area contributed by atoms with Crippen molar-refractivity contribution in [2.24, 2.45) is 17.6 Å². The van der Waals surface area contributed by atoms with E-state index in [1.807, 2.05) is 36.4 Å². The first-order valence-electron chi connectivity index (χ1n) is 15.3. The number of allylic oxidation sites excluding steroid dienone is 3. The maximum atomic E-state index is 15.3. The topological polar surface area (TPSA) is 121 Å². The molecular formula is C35H37ClFN5O3. The number of likely N-dealkylation sites (tertiary alicyclic amines) is 1. The van der Waals surface area contributed by atoms with Crippen LogP contribution in [0.25, 0.3) is 0 Å². The molecule has 234 valence electrons. The van der Waals surface area contributed by atoms with Crippen molar-refractivity contribution in [3.8, 4) is 0 Å². The number of carbonyl (C=O) groups is 2. The molecule has 3 aromatic rings. The molecule has 1 saturated heterocycles. The van der Waals surface area contributed by atoms with E-state index in [1.165, 1.54) is 23.8 Å². The summed E-state index contributed by atoms with van der Waals surface area (Å²) in [7, 11) is 0. The Bertz CT molecular complexity index is 1610. The molecule has 3 amide bonds. The SMILES string of the molecule is NC(CCC1CC1)(c1ccncc1)c1ccc(F)c(NC(=O)[C@H]2C[C@](O)(C3C=CC=CC3)CN2C(=O)Nc2ccc(Cl)cc2)c1. The number of anilines is 2. The Kier molecular flexibility index (Phi) is 8.77. The molecule has 10 heteroatoms. The molecule has 3 aliphatic rings. The number of benzene rings is 2. The van der Waals surface area contributed by atoms with E-state index < -0.39 is 34.9 Å². The molecule has 2 aliphatic carbocycles. The fourth-order valence-electron chi connectivity index (χ4n) is 6.40. The molecule has 4 atom stereocenters. The standard InChI is InChI=1S/C35H37ClFN5O3/c36-27-9-11-28(12-10-27)40-33(44)42-22-34(45,24-4-2-1-3-5-24)21-31(42)32(43)41-30-20-26(8-13-29(30)37)35(38,17-14-23-6-7-23)25-15-18-39-19-16-25/h1-4,8-13,15-16,18-20,23-24,31,45H,5-7,14,17,21-22,38H2,(H,40,44)(H,41,43)/t24?,31-,34-,35?/m1/s1. The van der Waals surface area contributed by atoms with E-state index in [0.29, 0.717) is 35.0 Å². The number of nitrogens with two attached hydrogens (primary N) is 1. The number of rotatable bonds is 9. The number of hydrogen-bond donors (Lipinski definition) is 4. The molecule has 2 fully saturated rings. The van der Waals surface area contributed by atoms with Crippen molar-refractivity contribution in [3.05, 3.63) is 113 Å². The Morgan fingerprint density at radius 3 is 2.51 bits per heavy atom. The molecule has 0 bridgehead atoms. The van der Waals surface area contributed by atoms with Gasteiger partial charge in [-0.05, 0) is 84.8 Å². The first-order valence-corrected chi connectivity index (χ1v) is 15.7. The number of aromatic nitrogens is 1. The number of aliphatic hydroxyl groups is 1. The molecule has 8 nitrogen and oxygen atoms in total. The number of carbonyl (C=O) groups excluding carboxylic acids is 2. The maximum absolute atomic E-state index is 15.3. The molecule has 5 N–H and O–H groups in total. The molecule has 0 spiro atoms. The number of urea groups is 1. The van der Waals surface area contributed by atoms with E-state index in [1.54, 1.807) is 48.8 Å². The predicted octanol–water partition coefficient (Wildman–Crippen LogP) is 6.37. The van der Waals surface area contributed by atoms with Crippen molar-refractivity contribution in [2.75, 3.05) is 17.2 Å². The van der Waals surface area contributed by atoms with Gasteiger partial charge in [0.15, 0.2) is 0 Å². The fraction of sp³-hybridized carbons (Fsp3) is 0.343. The number of halogens is 2. The van der Waals surface area contributed by atoms with Crippen molar-refractivity contribution in [2.45, 2.75) is 55.7 Å². The van der Waals surface area contributed by atoms with Gasteiger partial charge < -0.3 is 26.4 Å². The van der Waals surface area contributed by atoms with Crippen LogP contribution in [0.3, 0.4) is 0 Å². The third-order valence-corrected chi connectivity index (χ3v) is 9.53.